The monoisotopic (exact) mass is 295 g/mol. The largest absolute Gasteiger partial charge is 0.416 e. The van der Waals surface area contributed by atoms with Gasteiger partial charge in [-0.2, -0.15) is 13.2 Å². The van der Waals surface area contributed by atoms with Crippen LogP contribution in [-0.2, 0) is 12.6 Å². The molecule has 0 radical (unpaired) electrons. The summed E-state index contributed by atoms with van der Waals surface area (Å²) >= 11 is 0. The van der Waals surface area contributed by atoms with Crippen molar-refractivity contribution in [1.29, 1.82) is 0 Å². The molecule has 2 aromatic rings. The first-order chi connectivity index (χ1) is 10.0. The maximum Gasteiger partial charge on any atom is 0.416 e. The molecule has 1 aromatic carbocycles. The maximum atomic E-state index is 13.0. The number of hydrazine groups is 1. The first kappa shape index (κ1) is 15.5. The summed E-state index contributed by atoms with van der Waals surface area (Å²) in [6.45, 7) is 0. The van der Waals surface area contributed by atoms with E-state index in [0.717, 1.165) is 17.8 Å². The molecule has 6 heteroatoms. The Balaban J connectivity index is 2.18. The van der Waals surface area contributed by atoms with Crippen LogP contribution >= 0.6 is 0 Å². The molecule has 0 aliphatic heterocycles. The predicted octanol–water partition coefficient (Wildman–Crippen LogP) is 3.24. The number of hydrogen-bond donors (Lipinski definition) is 2. The van der Waals surface area contributed by atoms with Gasteiger partial charge in [0.15, 0.2) is 0 Å². The summed E-state index contributed by atoms with van der Waals surface area (Å²) in [5, 5.41) is 0. The number of nitrogens with one attached hydrogen (secondary N) is 1. The zero-order valence-electron chi connectivity index (χ0n) is 11.3. The number of nitrogens with two attached hydrogens (primary N) is 1. The third-order valence-corrected chi connectivity index (χ3v) is 3.30. The van der Waals surface area contributed by atoms with Crippen LogP contribution in [0, 0.1) is 0 Å². The van der Waals surface area contributed by atoms with Crippen molar-refractivity contribution in [2.24, 2.45) is 5.84 Å². The van der Waals surface area contributed by atoms with Crippen LogP contribution in [0.4, 0.5) is 13.2 Å². The Morgan fingerprint density at radius 2 is 1.86 bits per heavy atom. The first-order valence-electron chi connectivity index (χ1n) is 6.53. The fourth-order valence-corrected chi connectivity index (χ4v) is 2.23. The zero-order valence-corrected chi connectivity index (χ0v) is 11.3. The van der Waals surface area contributed by atoms with Gasteiger partial charge in [-0.15, -0.1) is 0 Å². The van der Waals surface area contributed by atoms with Gasteiger partial charge in [-0.3, -0.25) is 16.3 Å². The minimum Gasteiger partial charge on any atom is -0.271 e. The molecule has 0 spiro atoms. The third-order valence-electron chi connectivity index (χ3n) is 3.30. The van der Waals surface area contributed by atoms with E-state index in [-0.39, 0.29) is 5.56 Å². The molecule has 3 nitrogen and oxygen atoms in total. The lowest BCUT2D eigenvalue weighted by atomic mass is 9.97. The van der Waals surface area contributed by atoms with Gasteiger partial charge in [0, 0.05) is 24.0 Å². The molecule has 1 aromatic heterocycles. The number of alkyl halides is 3. The topological polar surface area (TPSA) is 50.9 Å². The summed E-state index contributed by atoms with van der Waals surface area (Å²) < 4.78 is 39.0. The zero-order chi connectivity index (χ0) is 15.3. The van der Waals surface area contributed by atoms with Gasteiger partial charge in [0.05, 0.1) is 5.56 Å². The molecular weight excluding hydrogens is 279 g/mol. The second-order valence-electron chi connectivity index (χ2n) is 4.70. The number of nitrogens with zero attached hydrogens (tertiary/aromatic N) is 1. The van der Waals surface area contributed by atoms with Gasteiger partial charge in [-0.1, -0.05) is 30.3 Å². The van der Waals surface area contributed by atoms with Crippen molar-refractivity contribution in [1.82, 2.24) is 10.4 Å². The maximum absolute atomic E-state index is 13.0. The number of rotatable bonds is 5. The molecule has 2 rings (SSSR count). The second-order valence-corrected chi connectivity index (χ2v) is 4.70. The van der Waals surface area contributed by atoms with Crippen LogP contribution in [0.15, 0.2) is 48.8 Å². The number of benzene rings is 1. The van der Waals surface area contributed by atoms with Crippen LogP contribution in [0.2, 0.25) is 0 Å². The van der Waals surface area contributed by atoms with Gasteiger partial charge in [-0.05, 0) is 24.5 Å². The second kappa shape index (κ2) is 6.69. The molecule has 0 saturated heterocycles. The van der Waals surface area contributed by atoms with E-state index in [4.69, 9.17) is 5.84 Å². The quantitative estimate of drug-likeness (QED) is 0.657. The van der Waals surface area contributed by atoms with E-state index < -0.39 is 17.8 Å². The molecule has 3 N–H and O–H groups in total. The summed E-state index contributed by atoms with van der Waals surface area (Å²) in [6.07, 6.45) is -0.979. The van der Waals surface area contributed by atoms with E-state index in [9.17, 15) is 13.2 Å². The van der Waals surface area contributed by atoms with Crippen molar-refractivity contribution < 1.29 is 13.2 Å². The van der Waals surface area contributed by atoms with E-state index >= 15 is 0 Å². The highest BCUT2D eigenvalue weighted by Crippen LogP contribution is 2.34. The number of aryl methyl sites for hydroxylation is 1. The molecule has 1 unspecified atom stereocenters. The highest BCUT2D eigenvalue weighted by atomic mass is 19.4. The number of hydrogen-bond acceptors (Lipinski definition) is 3. The van der Waals surface area contributed by atoms with Crippen molar-refractivity contribution >= 4 is 0 Å². The fourth-order valence-electron chi connectivity index (χ4n) is 2.23. The average molecular weight is 295 g/mol. The van der Waals surface area contributed by atoms with Crippen molar-refractivity contribution in [3.63, 3.8) is 0 Å². The van der Waals surface area contributed by atoms with E-state index in [1.165, 1.54) is 6.20 Å². The van der Waals surface area contributed by atoms with E-state index in [2.05, 4.69) is 10.4 Å². The van der Waals surface area contributed by atoms with Crippen molar-refractivity contribution in [2.45, 2.75) is 25.1 Å². The third kappa shape index (κ3) is 4.03. The Bertz CT molecular complexity index is 570. The Kier molecular flexibility index (Phi) is 4.93. The smallest absolute Gasteiger partial charge is 0.271 e. The van der Waals surface area contributed by atoms with Gasteiger partial charge in [0.2, 0.25) is 0 Å². The average Bonchev–Trinajstić information content (AvgIpc) is 2.48. The molecule has 0 amide bonds. The Labute approximate surface area is 121 Å². The summed E-state index contributed by atoms with van der Waals surface area (Å²) in [7, 11) is 0. The van der Waals surface area contributed by atoms with Crippen LogP contribution < -0.4 is 11.3 Å². The van der Waals surface area contributed by atoms with Crippen LogP contribution in [0.5, 0.6) is 0 Å². The number of halogens is 3. The van der Waals surface area contributed by atoms with Crippen LogP contribution in [-0.4, -0.2) is 4.98 Å². The molecule has 0 saturated carbocycles. The summed E-state index contributed by atoms with van der Waals surface area (Å²) in [4.78, 5) is 3.79. The summed E-state index contributed by atoms with van der Waals surface area (Å²) in [6, 6.07) is 9.92. The predicted molar refractivity (Wildman–Crippen MR) is 74.1 cm³/mol. The minimum atomic E-state index is -4.42. The van der Waals surface area contributed by atoms with Crippen molar-refractivity contribution in [2.75, 3.05) is 0 Å². The van der Waals surface area contributed by atoms with Gasteiger partial charge in [0.1, 0.15) is 0 Å². The minimum absolute atomic E-state index is 0.0726. The molecule has 21 heavy (non-hydrogen) atoms. The molecule has 0 bridgehead atoms. The normalized spacial score (nSPS) is 13.1. The van der Waals surface area contributed by atoms with Gasteiger partial charge < -0.3 is 0 Å². The Morgan fingerprint density at radius 1 is 1.14 bits per heavy atom. The standard InChI is InChI=1S/C15H16F3N3/c16-15(17,18)13-8-9-20-10-12(13)14(21-19)7-6-11-4-2-1-3-5-11/h1-5,8-10,14,21H,6-7,19H2. The summed E-state index contributed by atoms with van der Waals surface area (Å²) in [5.74, 6) is 5.44. The molecule has 1 atom stereocenters. The molecule has 112 valence electrons. The first-order valence-corrected chi connectivity index (χ1v) is 6.53. The molecule has 0 fully saturated rings. The molecule has 0 aliphatic rings. The summed E-state index contributed by atoms with van der Waals surface area (Å²) in [5.41, 5.74) is 2.88. The van der Waals surface area contributed by atoms with Crippen LogP contribution in [0.3, 0.4) is 0 Å². The molecular formula is C15H16F3N3. The Hall–Kier alpha value is -1.92. The SMILES string of the molecule is NNC(CCc1ccccc1)c1cnccc1C(F)(F)F. The van der Waals surface area contributed by atoms with Crippen LogP contribution in [0.1, 0.15) is 29.2 Å². The number of pyridine rings is 1. The van der Waals surface area contributed by atoms with Crippen molar-refractivity contribution in [3.8, 4) is 0 Å². The lowest BCUT2D eigenvalue weighted by molar-refractivity contribution is -0.138. The highest BCUT2D eigenvalue weighted by Gasteiger charge is 2.35. The highest BCUT2D eigenvalue weighted by molar-refractivity contribution is 5.29. The molecule has 1 heterocycles. The van der Waals surface area contributed by atoms with Gasteiger partial charge >= 0.3 is 6.18 Å². The van der Waals surface area contributed by atoms with E-state index in [0.29, 0.717) is 12.8 Å². The lowest BCUT2D eigenvalue weighted by Crippen LogP contribution is -2.30. The van der Waals surface area contributed by atoms with Crippen molar-refractivity contribution in [3.05, 3.63) is 65.5 Å². The van der Waals surface area contributed by atoms with Crippen LogP contribution in [0.25, 0.3) is 0 Å². The lowest BCUT2D eigenvalue weighted by Gasteiger charge is -2.20. The van der Waals surface area contributed by atoms with Gasteiger partial charge in [-0.25, -0.2) is 0 Å². The Morgan fingerprint density at radius 3 is 2.48 bits per heavy atom. The fraction of sp³-hybridized carbons (Fsp3) is 0.267. The van der Waals surface area contributed by atoms with E-state index in [1.807, 2.05) is 30.3 Å². The van der Waals surface area contributed by atoms with E-state index in [1.54, 1.807) is 0 Å². The molecule has 0 aliphatic carbocycles. The number of aromatic nitrogens is 1. The van der Waals surface area contributed by atoms with Gasteiger partial charge in [0.25, 0.3) is 0 Å².